The van der Waals surface area contributed by atoms with Crippen molar-refractivity contribution >= 4 is 5.97 Å². The minimum atomic E-state index is -0.971. The molecule has 2 heteroatoms. The minimum Gasteiger partial charge on any atom is -0.550 e. The molecule has 0 aromatic carbocycles. The number of unbranched alkanes of at least 4 members (excludes halogenated alkanes) is 2. The van der Waals surface area contributed by atoms with Crippen LogP contribution in [-0.2, 0) is 4.79 Å². The molecule has 13 heavy (non-hydrogen) atoms. The molecule has 0 aliphatic rings. The maximum absolute atomic E-state index is 10.6. The molecular weight excluding hydrogens is 164 g/mol. The van der Waals surface area contributed by atoms with Gasteiger partial charge in [-0.25, -0.2) is 0 Å². The largest absolute Gasteiger partial charge is 0.550 e. The molecule has 0 aliphatic heterocycles. The summed E-state index contributed by atoms with van der Waals surface area (Å²) in [5, 5.41) is 10.6. The standard InChI is InChI=1S/C11H20O2/c1-4-6-7-8-10(5-2)9(3)11(12)13/h5,9-10H,2,4,6-8H2,1,3H3,(H,12,13)/p-1. The summed E-state index contributed by atoms with van der Waals surface area (Å²) < 4.78 is 0. The van der Waals surface area contributed by atoms with Crippen molar-refractivity contribution in [3.05, 3.63) is 12.7 Å². The van der Waals surface area contributed by atoms with Crippen LogP contribution in [0.3, 0.4) is 0 Å². The van der Waals surface area contributed by atoms with Gasteiger partial charge in [0.2, 0.25) is 0 Å². The van der Waals surface area contributed by atoms with E-state index in [1.807, 2.05) is 0 Å². The topological polar surface area (TPSA) is 40.1 Å². The van der Waals surface area contributed by atoms with E-state index in [2.05, 4.69) is 13.5 Å². The summed E-state index contributed by atoms with van der Waals surface area (Å²) in [7, 11) is 0. The predicted octanol–water partition coefficient (Wildman–Crippen LogP) is 1.75. The third-order valence-corrected chi connectivity index (χ3v) is 2.46. The predicted molar refractivity (Wildman–Crippen MR) is 52.0 cm³/mol. The number of carbonyl (C=O) groups excluding carboxylic acids is 1. The molecule has 0 fully saturated rings. The zero-order valence-corrected chi connectivity index (χ0v) is 8.58. The first-order valence-electron chi connectivity index (χ1n) is 4.96. The second-order valence-electron chi connectivity index (χ2n) is 3.50. The number of hydrogen-bond donors (Lipinski definition) is 0. The lowest BCUT2D eigenvalue weighted by Gasteiger charge is -2.21. The Morgan fingerprint density at radius 3 is 2.54 bits per heavy atom. The van der Waals surface area contributed by atoms with Gasteiger partial charge in [0.15, 0.2) is 0 Å². The molecule has 2 atom stereocenters. The van der Waals surface area contributed by atoms with E-state index in [1.165, 1.54) is 0 Å². The lowest BCUT2D eigenvalue weighted by molar-refractivity contribution is -0.312. The van der Waals surface area contributed by atoms with Crippen LogP contribution in [0.2, 0.25) is 0 Å². The van der Waals surface area contributed by atoms with Crippen LogP contribution in [0.15, 0.2) is 12.7 Å². The van der Waals surface area contributed by atoms with Crippen LogP contribution >= 0.6 is 0 Å². The lowest BCUT2D eigenvalue weighted by atomic mass is 9.89. The SMILES string of the molecule is C=CC(CCCCC)C(C)C(=O)[O-]. The van der Waals surface area contributed by atoms with E-state index < -0.39 is 11.9 Å². The first-order chi connectivity index (χ1) is 6.13. The molecule has 0 amide bonds. The minimum absolute atomic E-state index is 0.0662. The first kappa shape index (κ1) is 12.2. The molecule has 0 radical (unpaired) electrons. The van der Waals surface area contributed by atoms with Crippen molar-refractivity contribution in [1.82, 2.24) is 0 Å². The molecule has 0 rings (SSSR count). The Labute approximate surface area is 80.7 Å². The van der Waals surface area contributed by atoms with Crippen LogP contribution in [0.25, 0.3) is 0 Å². The normalized spacial score (nSPS) is 14.9. The summed E-state index contributed by atoms with van der Waals surface area (Å²) in [6.45, 7) is 7.47. The van der Waals surface area contributed by atoms with Crippen molar-refractivity contribution in [3.63, 3.8) is 0 Å². The van der Waals surface area contributed by atoms with Gasteiger partial charge in [-0.15, -0.1) is 6.58 Å². The van der Waals surface area contributed by atoms with Gasteiger partial charge in [-0.05, 0) is 12.3 Å². The summed E-state index contributed by atoms with van der Waals surface area (Å²) >= 11 is 0. The Morgan fingerprint density at radius 2 is 2.15 bits per heavy atom. The summed E-state index contributed by atoms with van der Waals surface area (Å²) in [6.07, 6.45) is 6.03. The van der Waals surface area contributed by atoms with Gasteiger partial charge < -0.3 is 9.90 Å². The van der Waals surface area contributed by atoms with Gasteiger partial charge in [0.25, 0.3) is 0 Å². The highest BCUT2D eigenvalue weighted by molar-refractivity contribution is 5.67. The van der Waals surface area contributed by atoms with Gasteiger partial charge in [0, 0.05) is 11.9 Å². The van der Waals surface area contributed by atoms with Crippen molar-refractivity contribution in [2.24, 2.45) is 11.8 Å². The van der Waals surface area contributed by atoms with Gasteiger partial charge in [0.1, 0.15) is 0 Å². The summed E-state index contributed by atoms with van der Waals surface area (Å²) in [5.41, 5.74) is 0. The Bertz CT molecular complexity index is 163. The number of hydrogen-bond acceptors (Lipinski definition) is 2. The smallest absolute Gasteiger partial charge is 0.0448 e. The highest BCUT2D eigenvalue weighted by atomic mass is 16.4. The summed E-state index contributed by atoms with van der Waals surface area (Å²) in [4.78, 5) is 10.6. The van der Waals surface area contributed by atoms with Crippen molar-refractivity contribution in [3.8, 4) is 0 Å². The molecule has 0 aromatic rings. The van der Waals surface area contributed by atoms with Crippen molar-refractivity contribution in [2.45, 2.75) is 39.5 Å². The van der Waals surface area contributed by atoms with Crippen molar-refractivity contribution in [2.75, 3.05) is 0 Å². The molecule has 0 bridgehead atoms. The first-order valence-corrected chi connectivity index (χ1v) is 4.96. The fraction of sp³-hybridized carbons (Fsp3) is 0.727. The average Bonchev–Trinajstić information content (AvgIpc) is 2.11. The lowest BCUT2D eigenvalue weighted by Crippen LogP contribution is -2.33. The number of rotatable bonds is 7. The van der Waals surface area contributed by atoms with Crippen LogP contribution < -0.4 is 5.11 Å². The zero-order valence-electron chi connectivity index (χ0n) is 8.58. The average molecular weight is 183 g/mol. The van der Waals surface area contributed by atoms with E-state index in [1.54, 1.807) is 13.0 Å². The molecule has 0 saturated heterocycles. The number of aliphatic carboxylic acids is 1. The van der Waals surface area contributed by atoms with Crippen LogP contribution in [0.5, 0.6) is 0 Å². The van der Waals surface area contributed by atoms with Gasteiger partial charge in [-0.3, -0.25) is 0 Å². The van der Waals surface area contributed by atoms with E-state index in [9.17, 15) is 9.90 Å². The Kier molecular flexibility index (Phi) is 6.29. The van der Waals surface area contributed by atoms with Crippen molar-refractivity contribution < 1.29 is 9.90 Å². The molecule has 0 aromatic heterocycles. The number of carboxylic acid groups (broad SMARTS) is 1. The number of carboxylic acids is 1. The highest BCUT2D eigenvalue weighted by Crippen LogP contribution is 2.19. The molecule has 0 saturated carbocycles. The van der Waals surface area contributed by atoms with Crippen LogP contribution in [-0.4, -0.2) is 5.97 Å². The van der Waals surface area contributed by atoms with E-state index in [0.29, 0.717) is 0 Å². The maximum atomic E-state index is 10.6. The third kappa shape index (κ3) is 4.71. The molecular formula is C11H19O2-. The van der Waals surface area contributed by atoms with Gasteiger partial charge in [-0.2, -0.15) is 0 Å². The van der Waals surface area contributed by atoms with Crippen molar-refractivity contribution in [1.29, 1.82) is 0 Å². The fourth-order valence-corrected chi connectivity index (χ4v) is 1.38. The quantitative estimate of drug-likeness (QED) is 0.445. The summed E-state index contributed by atoms with van der Waals surface area (Å²) in [6, 6.07) is 0. The Balaban J connectivity index is 3.87. The molecule has 0 aliphatic carbocycles. The Morgan fingerprint density at radius 1 is 1.54 bits per heavy atom. The third-order valence-electron chi connectivity index (χ3n) is 2.46. The summed E-state index contributed by atoms with van der Waals surface area (Å²) in [5.74, 6) is -1.31. The molecule has 0 heterocycles. The van der Waals surface area contributed by atoms with E-state index in [4.69, 9.17) is 0 Å². The monoisotopic (exact) mass is 183 g/mol. The number of carbonyl (C=O) groups is 1. The van der Waals surface area contributed by atoms with Crippen LogP contribution in [0.4, 0.5) is 0 Å². The van der Waals surface area contributed by atoms with Gasteiger partial charge in [0.05, 0.1) is 0 Å². The highest BCUT2D eigenvalue weighted by Gasteiger charge is 2.13. The van der Waals surface area contributed by atoms with E-state index in [-0.39, 0.29) is 5.92 Å². The molecule has 0 spiro atoms. The van der Waals surface area contributed by atoms with Gasteiger partial charge >= 0.3 is 0 Å². The fourth-order valence-electron chi connectivity index (χ4n) is 1.38. The molecule has 2 nitrogen and oxygen atoms in total. The zero-order chi connectivity index (χ0) is 10.3. The Hall–Kier alpha value is -0.790. The molecule has 76 valence electrons. The second-order valence-corrected chi connectivity index (χ2v) is 3.50. The molecule has 0 N–H and O–H groups in total. The second kappa shape index (κ2) is 6.70. The van der Waals surface area contributed by atoms with E-state index >= 15 is 0 Å². The van der Waals surface area contributed by atoms with E-state index in [0.717, 1.165) is 25.7 Å². The maximum Gasteiger partial charge on any atom is 0.0448 e. The van der Waals surface area contributed by atoms with Crippen LogP contribution in [0, 0.1) is 11.8 Å². The number of allylic oxidation sites excluding steroid dienone is 1. The van der Waals surface area contributed by atoms with Crippen LogP contribution in [0.1, 0.15) is 39.5 Å². The van der Waals surface area contributed by atoms with Gasteiger partial charge in [-0.1, -0.05) is 39.2 Å². The molecule has 2 unspecified atom stereocenters.